The fraction of sp³-hybridized carbons (Fsp3) is 0.968. The lowest BCUT2D eigenvalue weighted by Crippen LogP contribution is -2.49. The Morgan fingerprint density at radius 2 is 1.38 bits per heavy atom. The topological polar surface area (TPSA) is 23.8 Å². The summed E-state index contributed by atoms with van der Waals surface area (Å²) in [6.45, 7) is 4.65. The van der Waals surface area contributed by atoms with Crippen LogP contribution in [-0.4, -0.2) is 0 Å². The molecule has 0 spiro atoms. The maximum absolute atomic E-state index is 10.2. The molecule has 0 saturated heterocycles. The summed E-state index contributed by atoms with van der Waals surface area (Å²) in [5.74, 6) is 7.11. The highest BCUT2D eigenvalue weighted by Crippen LogP contribution is 2.60. The molecule has 0 N–H and O–H groups in total. The van der Waals surface area contributed by atoms with Crippen molar-refractivity contribution in [3.63, 3.8) is 0 Å². The smallest absolute Gasteiger partial charge is 0.0689 e. The van der Waals surface area contributed by atoms with Crippen LogP contribution in [0.25, 0.3) is 0 Å². The van der Waals surface area contributed by atoms with Crippen molar-refractivity contribution in [2.24, 2.45) is 46.8 Å². The highest BCUT2D eigenvalue weighted by molar-refractivity contribution is 5.07. The molecule has 4 saturated carbocycles. The molecular formula is C31H53N. The van der Waals surface area contributed by atoms with Gasteiger partial charge in [0.1, 0.15) is 0 Å². The Morgan fingerprint density at radius 1 is 0.688 bits per heavy atom. The van der Waals surface area contributed by atoms with Crippen LogP contribution in [0.2, 0.25) is 0 Å². The molecule has 0 aromatic rings. The van der Waals surface area contributed by atoms with E-state index in [0.717, 1.165) is 41.4 Å². The van der Waals surface area contributed by atoms with Gasteiger partial charge in [-0.25, -0.2) is 0 Å². The Labute approximate surface area is 200 Å². The minimum absolute atomic E-state index is 0.0344. The van der Waals surface area contributed by atoms with Crippen molar-refractivity contribution >= 4 is 0 Å². The zero-order valence-corrected chi connectivity index (χ0v) is 21.6. The second kappa shape index (κ2) is 11.8. The average Bonchev–Trinajstić information content (AvgIpc) is 2.83. The van der Waals surface area contributed by atoms with Crippen LogP contribution in [0, 0.1) is 58.2 Å². The number of nitriles is 1. The van der Waals surface area contributed by atoms with E-state index in [9.17, 15) is 5.26 Å². The minimum Gasteiger partial charge on any atom is -0.198 e. The highest BCUT2D eigenvalue weighted by Gasteiger charge is 2.52. The Hall–Kier alpha value is -0.510. The Kier molecular flexibility index (Phi) is 9.04. The lowest BCUT2D eigenvalue weighted by molar-refractivity contribution is -0.0718. The summed E-state index contributed by atoms with van der Waals surface area (Å²) in [6, 6.07) is 2.89. The predicted molar refractivity (Wildman–Crippen MR) is 136 cm³/mol. The van der Waals surface area contributed by atoms with Crippen LogP contribution >= 0.6 is 0 Å². The SMILES string of the molecule is CCCCCCC[C@]1(C#N)CCC2C(CCC3C2CCC2C3CCC[C@@H]2CCCCC)C1. The zero-order chi connectivity index (χ0) is 22.4. The molecule has 8 atom stereocenters. The fourth-order valence-corrected chi connectivity index (χ4v) is 9.44. The first-order valence-corrected chi connectivity index (χ1v) is 15.1. The van der Waals surface area contributed by atoms with E-state index in [1.165, 1.54) is 116 Å². The molecule has 4 aliphatic carbocycles. The van der Waals surface area contributed by atoms with Gasteiger partial charge >= 0.3 is 0 Å². The van der Waals surface area contributed by atoms with Gasteiger partial charge in [0.25, 0.3) is 0 Å². The lowest BCUT2D eigenvalue weighted by Gasteiger charge is -2.57. The van der Waals surface area contributed by atoms with Gasteiger partial charge in [-0.05, 0) is 99.2 Å². The van der Waals surface area contributed by atoms with E-state index in [0.29, 0.717) is 0 Å². The second-order valence-corrected chi connectivity index (χ2v) is 12.7. The number of hydrogen-bond acceptors (Lipinski definition) is 1. The maximum Gasteiger partial charge on any atom is 0.0689 e. The Bertz CT molecular complexity index is 604. The maximum atomic E-state index is 10.2. The fourth-order valence-electron chi connectivity index (χ4n) is 9.44. The zero-order valence-electron chi connectivity index (χ0n) is 21.6. The average molecular weight is 440 g/mol. The standard InChI is InChI=1S/C31H53N/c1-3-5-7-8-10-20-31(23-32)21-19-27-25(22-31)15-16-30-28-14-11-13-24(12-9-6-4-2)26(28)17-18-29(27)30/h24-30H,3-22H2,1-2H3/t24-,25?,26?,27?,28?,29?,30?,31-/m0/s1. The van der Waals surface area contributed by atoms with E-state index < -0.39 is 0 Å². The molecule has 0 radical (unpaired) electrons. The Balaban J connectivity index is 1.34. The first kappa shape index (κ1) is 24.6. The molecule has 6 unspecified atom stereocenters. The molecule has 4 rings (SSSR count). The molecule has 0 amide bonds. The van der Waals surface area contributed by atoms with Crippen LogP contribution in [0.5, 0.6) is 0 Å². The summed E-state index contributed by atoms with van der Waals surface area (Å²) in [7, 11) is 0. The minimum atomic E-state index is 0.0344. The van der Waals surface area contributed by atoms with Crippen LogP contribution in [0.15, 0.2) is 0 Å². The van der Waals surface area contributed by atoms with Crippen molar-refractivity contribution in [3.05, 3.63) is 0 Å². The summed E-state index contributed by atoms with van der Waals surface area (Å²) < 4.78 is 0. The summed E-state index contributed by atoms with van der Waals surface area (Å²) in [4.78, 5) is 0. The first-order valence-electron chi connectivity index (χ1n) is 15.1. The molecule has 0 aromatic heterocycles. The van der Waals surface area contributed by atoms with E-state index >= 15 is 0 Å². The molecule has 1 heteroatoms. The van der Waals surface area contributed by atoms with Gasteiger partial charge in [-0.2, -0.15) is 5.26 Å². The molecule has 0 bridgehead atoms. The summed E-state index contributed by atoms with van der Waals surface area (Å²) >= 11 is 0. The van der Waals surface area contributed by atoms with Crippen molar-refractivity contribution in [1.29, 1.82) is 5.26 Å². The molecule has 32 heavy (non-hydrogen) atoms. The van der Waals surface area contributed by atoms with Crippen molar-refractivity contribution < 1.29 is 0 Å². The molecular weight excluding hydrogens is 386 g/mol. The molecule has 182 valence electrons. The summed E-state index contributed by atoms with van der Waals surface area (Å²) in [6.07, 6.45) is 28.2. The van der Waals surface area contributed by atoms with Gasteiger partial charge in [0, 0.05) is 0 Å². The molecule has 1 nitrogen and oxygen atoms in total. The van der Waals surface area contributed by atoms with Gasteiger partial charge in [-0.1, -0.05) is 84.5 Å². The van der Waals surface area contributed by atoms with E-state index in [1.54, 1.807) is 12.8 Å². The molecule has 4 aliphatic rings. The van der Waals surface area contributed by atoms with Crippen LogP contribution in [0.4, 0.5) is 0 Å². The predicted octanol–water partition coefficient (Wildman–Crippen LogP) is 9.71. The quantitative estimate of drug-likeness (QED) is 0.311. The van der Waals surface area contributed by atoms with E-state index in [2.05, 4.69) is 19.9 Å². The highest BCUT2D eigenvalue weighted by atomic mass is 14.6. The third-order valence-electron chi connectivity index (χ3n) is 11.0. The van der Waals surface area contributed by atoms with Crippen LogP contribution in [0.1, 0.15) is 142 Å². The summed E-state index contributed by atoms with van der Waals surface area (Å²) in [5.41, 5.74) is 0.0344. The Morgan fingerprint density at radius 3 is 2.19 bits per heavy atom. The monoisotopic (exact) mass is 439 g/mol. The van der Waals surface area contributed by atoms with Crippen LogP contribution < -0.4 is 0 Å². The number of fused-ring (bicyclic) bond motifs is 5. The van der Waals surface area contributed by atoms with Gasteiger partial charge < -0.3 is 0 Å². The molecule has 0 aromatic carbocycles. The largest absolute Gasteiger partial charge is 0.198 e. The second-order valence-electron chi connectivity index (χ2n) is 12.7. The normalized spacial score (nSPS) is 41.2. The van der Waals surface area contributed by atoms with Gasteiger partial charge in [0.05, 0.1) is 11.5 Å². The van der Waals surface area contributed by atoms with Gasteiger partial charge in [-0.15, -0.1) is 0 Å². The third-order valence-corrected chi connectivity index (χ3v) is 11.0. The molecule has 0 aliphatic heterocycles. The van der Waals surface area contributed by atoms with Crippen LogP contribution in [0.3, 0.4) is 0 Å². The number of hydrogen-bond donors (Lipinski definition) is 0. The number of unbranched alkanes of at least 4 members (excludes halogenated alkanes) is 6. The van der Waals surface area contributed by atoms with E-state index in [-0.39, 0.29) is 5.41 Å². The number of rotatable bonds is 10. The lowest BCUT2D eigenvalue weighted by atomic mass is 9.48. The number of nitrogens with zero attached hydrogens (tertiary/aromatic N) is 1. The van der Waals surface area contributed by atoms with E-state index in [4.69, 9.17) is 0 Å². The van der Waals surface area contributed by atoms with Crippen molar-refractivity contribution in [2.75, 3.05) is 0 Å². The molecule has 4 fully saturated rings. The van der Waals surface area contributed by atoms with Crippen molar-refractivity contribution in [2.45, 2.75) is 142 Å². The van der Waals surface area contributed by atoms with Crippen molar-refractivity contribution in [3.8, 4) is 6.07 Å². The van der Waals surface area contributed by atoms with Gasteiger partial charge in [0.2, 0.25) is 0 Å². The summed E-state index contributed by atoms with van der Waals surface area (Å²) in [5, 5.41) is 10.2. The van der Waals surface area contributed by atoms with Gasteiger partial charge in [0.15, 0.2) is 0 Å². The van der Waals surface area contributed by atoms with Crippen molar-refractivity contribution in [1.82, 2.24) is 0 Å². The third kappa shape index (κ3) is 5.41. The van der Waals surface area contributed by atoms with Crippen LogP contribution in [-0.2, 0) is 0 Å². The van der Waals surface area contributed by atoms with Gasteiger partial charge in [-0.3, -0.25) is 0 Å². The van der Waals surface area contributed by atoms with E-state index in [1.807, 2.05) is 0 Å². The first-order chi connectivity index (χ1) is 15.7. The molecule has 0 heterocycles.